The van der Waals surface area contributed by atoms with E-state index < -0.39 is 0 Å². The summed E-state index contributed by atoms with van der Waals surface area (Å²) in [6, 6.07) is 5.92. The van der Waals surface area contributed by atoms with Gasteiger partial charge in [-0.1, -0.05) is 13.0 Å². The minimum atomic E-state index is 0.742. The molecule has 1 unspecified atom stereocenters. The van der Waals surface area contributed by atoms with Gasteiger partial charge in [0.25, 0.3) is 0 Å². The van der Waals surface area contributed by atoms with Gasteiger partial charge in [-0.25, -0.2) is 4.98 Å². The average molecular weight is 332 g/mol. The highest BCUT2D eigenvalue weighted by Gasteiger charge is 2.19. The highest BCUT2D eigenvalue weighted by molar-refractivity contribution is 7.13. The Morgan fingerprint density at radius 1 is 1.30 bits per heavy atom. The summed E-state index contributed by atoms with van der Waals surface area (Å²) >= 11 is 1.67. The summed E-state index contributed by atoms with van der Waals surface area (Å²) in [7, 11) is 3.33. The lowest BCUT2D eigenvalue weighted by atomic mass is 10.0. The van der Waals surface area contributed by atoms with Gasteiger partial charge in [-0.3, -0.25) is 4.90 Å². The van der Waals surface area contributed by atoms with Gasteiger partial charge in [-0.05, 0) is 37.4 Å². The van der Waals surface area contributed by atoms with E-state index in [0.29, 0.717) is 0 Å². The second kappa shape index (κ2) is 7.32. The molecule has 0 N–H and O–H groups in total. The summed E-state index contributed by atoms with van der Waals surface area (Å²) < 4.78 is 10.9. The molecule has 3 rings (SSSR count). The number of hydrogen-bond donors (Lipinski definition) is 0. The monoisotopic (exact) mass is 332 g/mol. The number of benzene rings is 1. The van der Waals surface area contributed by atoms with Gasteiger partial charge in [0.2, 0.25) is 0 Å². The van der Waals surface area contributed by atoms with Crippen LogP contribution in [0.4, 0.5) is 0 Å². The van der Waals surface area contributed by atoms with Gasteiger partial charge in [0, 0.05) is 18.5 Å². The molecule has 23 heavy (non-hydrogen) atoms. The lowest BCUT2D eigenvalue weighted by Crippen LogP contribution is -2.33. The van der Waals surface area contributed by atoms with Crippen molar-refractivity contribution in [1.82, 2.24) is 9.88 Å². The molecule has 0 amide bonds. The number of ether oxygens (including phenoxy) is 2. The van der Waals surface area contributed by atoms with Crippen molar-refractivity contribution < 1.29 is 9.47 Å². The Labute approximate surface area is 142 Å². The zero-order valence-corrected chi connectivity index (χ0v) is 14.9. The Kier molecular flexibility index (Phi) is 5.18. The first kappa shape index (κ1) is 16.3. The minimum Gasteiger partial charge on any atom is -0.493 e. The maximum absolute atomic E-state index is 5.53. The Bertz CT molecular complexity index is 656. The number of rotatable bonds is 5. The molecule has 1 aliphatic heterocycles. The summed E-state index contributed by atoms with van der Waals surface area (Å²) in [6.45, 7) is 5.63. The van der Waals surface area contributed by atoms with E-state index in [2.05, 4.69) is 17.2 Å². The normalized spacial score (nSPS) is 18.8. The molecule has 1 saturated heterocycles. The molecule has 1 atom stereocenters. The fourth-order valence-electron chi connectivity index (χ4n) is 3.22. The molecule has 0 spiro atoms. The molecule has 0 bridgehead atoms. The zero-order valence-electron chi connectivity index (χ0n) is 14.0. The van der Waals surface area contributed by atoms with Crippen LogP contribution in [0.15, 0.2) is 23.6 Å². The third-order valence-corrected chi connectivity index (χ3v) is 5.24. The van der Waals surface area contributed by atoms with E-state index in [-0.39, 0.29) is 0 Å². The van der Waals surface area contributed by atoms with E-state index in [1.165, 1.54) is 25.9 Å². The summed E-state index contributed by atoms with van der Waals surface area (Å²) in [5, 5.41) is 3.15. The van der Waals surface area contributed by atoms with Crippen molar-refractivity contribution in [2.45, 2.75) is 26.3 Å². The van der Waals surface area contributed by atoms with Crippen molar-refractivity contribution in [3.8, 4) is 22.1 Å². The molecule has 1 aliphatic rings. The van der Waals surface area contributed by atoms with Crippen LogP contribution in [0.2, 0.25) is 0 Å². The number of methoxy groups -OCH3 is 2. The van der Waals surface area contributed by atoms with Crippen LogP contribution in [-0.2, 0) is 6.54 Å². The van der Waals surface area contributed by atoms with E-state index >= 15 is 0 Å². The maximum Gasteiger partial charge on any atom is 0.170 e. The van der Waals surface area contributed by atoms with E-state index in [9.17, 15) is 0 Å². The van der Waals surface area contributed by atoms with Gasteiger partial charge in [0.05, 0.1) is 25.5 Å². The van der Waals surface area contributed by atoms with Crippen LogP contribution < -0.4 is 9.47 Å². The second-order valence-electron chi connectivity index (χ2n) is 6.17. The smallest absolute Gasteiger partial charge is 0.170 e. The van der Waals surface area contributed by atoms with Crippen molar-refractivity contribution >= 4 is 11.3 Å². The molecule has 124 valence electrons. The lowest BCUT2D eigenvalue weighted by molar-refractivity contribution is 0.175. The number of para-hydroxylation sites is 1. The molecule has 2 heterocycles. The molecule has 1 aromatic heterocycles. The van der Waals surface area contributed by atoms with E-state index in [0.717, 1.165) is 40.2 Å². The average Bonchev–Trinajstić information content (AvgIpc) is 3.02. The predicted molar refractivity (Wildman–Crippen MR) is 94.3 cm³/mol. The molecular formula is C18H24N2O2S. The standard InChI is InChI=1S/C18H24N2O2S/c1-13-6-5-9-20(10-13)11-14-12-23-18(19-14)15-7-4-8-16(21-2)17(15)22-3/h4,7-8,12-13H,5-6,9-11H2,1-3H3. The first-order valence-corrected chi connectivity index (χ1v) is 8.97. The van der Waals surface area contributed by atoms with E-state index in [1.807, 2.05) is 18.2 Å². The van der Waals surface area contributed by atoms with Crippen molar-refractivity contribution in [3.63, 3.8) is 0 Å². The van der Waals surface area contributed by atoms with Gasteiger partial charge in [-0.2, -0.15) is 0 Å². The summed E-state index contributed by atoms with van der Waals surface area (Å²) in [5.41, 5.74) is 2.14. The third kappa shape index (κ3) is 3.67. The first-order chi connectivity index (χ1) is 11.2. The minimum absolute atomic E-state index is 0.742. The quantitative estimate of drug-likeness (QED) is 0.827. The maximum atomic E-state index is 5.53. The third-order valence-electron chi connectivity index (χ3n) is 4.31. The number of likely N-dealkylation sites (tertiary alicyclic amines) is 1. The van der Waals surface area contributed by atoms with Crippen LogP contribution in [0.25, 0.3) is 10.6 Å². The highest BCUT2D eigenvalue weighted by Crippen LogP contribution is 2.39. The molecule has 2 aromatic rings. The molecule has 1 fully saturated rings. The molecule has 0 aliphatic carbocycles. The number of thiazole rings is 1. The Hall–Kier alpha value is -1.59. The first-order valence-electron chi connectivity index (χ1n) is 8.09. The van der Waals surface area contributed by atoms with Crippen LogP contribution in [0.5, 0.6) is 11.5 Å². The molecule has 4 nitrogen and oxygen atoms in total. The largest absolute Gasteiger partial charge is 0.493 e. The van der Waals surface area contributed by atoms with Gasteiger partial charge in [0.15, 0.2) is 11.5 Å². The number of aromatic nitrogens is 1. The molecular weight excluding hydrogens is 308 g/mol. The van der Waals surface area contributed by atoms with E-state index in [1.54, 1.807) is 25.6 Å². The van der Waals surface area contributed by atoms with Crippen LogP contribution in [0, 0.1) is 5.92 Å². The molecule has 5 heteroatoms. The summed E-state index contributed by atoms with van der Waals surface area (Å²) in [5.74, 6) is 2.29. The van der Waals surface area contributed by atoms with E-state index in [4.69, 9.17) is 14.5 Å². The van der Waals surface area contributed by atoms with Gasteiger partial charge in [0.1, 0.15) is 5.01 Å². The highest BCUT2D eigenvalue weighted by atomic mass is 32.1. The molecule has 0 radical (unpaired) electrons. The van der Waals surface area contributed by atoms with Crippen LogP contribution in [-0.4, -0.2) is 37.2 Å². The molecule has 0 saturated carbocycles. The SMILES string of the molecule is COc1cccc(-c2nc(CN3CCCC(C)C3)cs2)c1OC. The van der Waals surface area contributed by atoms with Crippen molar-refractivity contribution in [1.29, 1.82) is 0 Å². The van der Waals surface area contributed by atoms with Gasteiger partial charge < -0.3 is 9.47 Å². The number of hydrogen-bond acceptors (Lipinski definition) is 5. The fraction of sp³-hybridized carbons (Fsp3) is 0.500. The topological polar surface area (TPSA) is 34.6 Å². The van der Waals surface area contributed by atoms with Gasteiger partial charge in [-0.15, -0.1) is 11.3 Å². The number of piperidine rings is 1. The van der Waals surface area contributed by atoms with Gasteiger partial charge >= 0.3 is 0 Å². The van der Waals surface area contributed by atoms with Crippen molar-refractivity contribution in [2.24, 2.45) is 5.92 Å². The lowest BCUT2D eigenvalue weighted by Gasteiger charge is -2.30. The summed E-state index contributed by atoms with van der Waals surface area (Å²) in [4.78, 5) is 7.33. The Morgan fingerprint density at radius 2 is 2.17 bits per heavy atom. The molecule has 1 aromatic carbocycles. The second-order valence-corrected chi connectivity index (χ2v) is 7.03. The van der Waals surface area contributed by atoms with Crippen molar-refractivity contribution in [2.75, 3.05) is 27.3 Å². The summed E-state index contributed by atoms with van der Waals surface area (Å²) in [6.07, 6.45) is 2.64. The fourth-order valence-corrected chi connectivity index (χ4v) is 4.05. The predicted octanol–water partition coefficient (Wildman–Crippen LogP) is 4.06. The number of nitrogens with zero attached hydrogens (tertiary/aromatic N) is 2. The van der Waals surface area contributed by atoms with Crippen molar-refractivity contribution in [3.05, 3.63) is 29.3 Å². The van der Waals surface area contributed by atoms with Crippen LogP contribution in [0.1, 0.15) is 25.5 Å². The zero-order chi connectivity index (χ0) is 16.2. The Morgan fingerprint density at radius 3 is 2.91 bits per heavy atom. The van der Waals surface area contributed by atoms with Crippen LogP contribution in [0.3, 0.4) is 0 Å². The van der Waals surface area contributed by atoms with Crippen LogP contribution >= 0.6 is 11.3 Å². The Balaban J connectivity index is 1.79.